The van der Waals surface area contributed by atoms with Crippen molar-refractivity contribution in [2.75, 3.05) is 6.61 Å². The molecule has 0 heterocycles. The standard InChI is InChI=1S/C8H17NO.ClH/c1-4-10-7-5-6(9)8(7,2)3;/h6-7H,4-5,9H2,1-3H3;1H. The maximum Gasteiger partial charge on any atom is 0.0655 e. The molecule has 0 aromatic rings. The van der Waals surface area contributed by atoms with E-state index >= 15 is 0 Å². The molecule has 68 valence electrons. The van der Waals surface area contributed by atoms with Gasteiger partial charge in [0.2, 0.25) is 0 Å². The SMILES string of the molecule is CCOC1CC(N)C1(C)C.Cl. The van der Waals surface area contributed by atoms with E-state index in [0.29, 0.717) is 12.1 Å². The summed E-state index contributed by atoms with van der Waals surface area (Å²) in [5.74, 6) is 0. The van der Waals surface area contributed by atoms with Gasteiger partial charge in [0.25, 0.3) is 0 Å². The molecule has 0 spiro atoms. The molecule has 1 rings (SSSR count). The number of hydrogen-bond acceptors (Lipinski definition) is 2. The third-order valence-electron chi connectivity index (χ3n) is 2.62. The van der Waals surface area contributed by atoms with Crippen molar-refractivity contribution < 1.29 is 4.74 Å². The van der Waals surface area contributed by atoms with Crippen LogP contribution in [0.3, 0.4) is 0 Å². The van der Waals surface area contributed by atoms with Gasteiger partial charge in [0, 0.05) is 18.1 Å². The van der Waals surface area contributed by atoms with Crippen LogP contribution in [0.2, 0.25) is 0 Å². The molecule has 2 nitrogen and oxygen atoms in total. The van der Waals surface area contributed by atoms with Crippen molar-refractivity contribution in [1.82, 2.24) is 0 Å². The van der Waals surface area contributed by atoms with Crippen molar-refractivity contribution in [2.45, 2.75) is 39.3 Å². The highest BCUT2D eigenvalue weighted by Gasteiger charge is 2.46. The predicted molar refractivity (Wildman–Crippen MR) is 49.0 cm³/mol. The maximum absolute atomic E-state index is 5.80. The number of rotatable bonds is 2. The number of ether oxygens (including phenoxy) is 1. The van der Waals surface area contributed by atoms with Gasteiger partial charge in [-0.25, -0.2) is 0 Å². The molecule has 0 radical (unpaired) electrons. The summed E-state index contributed by atoms with van der Waals surface area (Å²) < 4.78 is 5.48. The first-order chi connectivity index (χ1) is 4.59. The molecule has 0 bridgehead atoms. The molecule has 1 saturated carbocycles. The van der Waals surface area contributed by atoms with Crippen molar-refractivity contribution in [3.8, 4) is 0 Å². The molecular weight excluding hydrogens is 162 g/mol. The van der Waals surface area contributed by atoms with Crippen molar-refractivity contribution >= 4 is 12.4 Å². The highest BCUT2D eigenvalue weighted by molar-refractivity contribution is 5.85. The molecule has 11 heavy (non-hydrogen) atoms. The van der Waals surface area contributed by atoms with E-state index in [4.69, 9.17) is 10.5 Å². The zero-order valence-electron chi connectivity index (χ0n) is 7.46. The van der Waals surface area contributed by atoms with E-state index in [1.807, 2.05) is 6.92 Å². The Morgan fingerprint density at radius 2 is 2.09 bits per heavy atom. The van der Waals surface area contributed by atoms with E-state index in [2.05, 4.69) is 13.8 Å². The summed E-state index contributed by atoms with van der Waals surface area (Å²) in [6.45, 7) is 7.17. The van der Waals surface area contributed by atoms with Crippen molar-refractivity contribution in [3.05, 3.63) is 0 Å². The quantitative estimate of drug-likeness (QED) is 0.699. The number of halogens is 1. The van der Waals surface area contributed by atoms with Crippen LogP contribution in [-0.4, -0.2) is 18.8 Å². The first-order valence-electron chi connectivity index (χ1n) is 3.96. The van der Waals surface area contributed by atoms with Crippen LogP contribution in [0, 0.1) is 5.41 Å². The van der Waals surface area contributed by atoms with E-state index in [-0.39, 0.29) is 17.8 Å². The van der Waals surface area contributed by atoms with E-state index in [1.54, 1.807) is 0 Å². The molecule has 0 saturated heterocycles. The van der Waals surface area contributed by atoms with E-state index in [9.17, 15) is 0 Å². The van der Waals surface area contributed by atoms with Crippen LogP contribution in [0.1, 0.15) is 27.2 Å². The van der Waals surface area contributed by atoms with E-state index in [1.165, 1.54) is 0 Å². The predicted octanol–water partition coefficient (Wildman–Crippen LogP) is 1.57. The summed E-state index contributed by atoms with van der Waals surface area (Å²) >= 11 is 0. The second-order valence-corrected chi connectivity index (χ2v) is 3.61. The summed E-state index contributed by atoms with van der Waals surface area (Å²) in [5, 5.41) is 0. The molecule has 2 N–H and O–H groups in total. The Kier molecular flexibility index (Phi) is 3.82. The maximum atomic E-state index is 5.80. The van der Waals surface area contributed by atoms with Gasteiger partial charge in [-0.2, -0.15) is 0 Å². The van der Waals surface area contributed by atoms with Crippen LogP contribution in [0.25, 0.3) is 0 Å². The summed E-state index contributed by atoms with van der Waals surface area (Å²) in [7, 11) is 0. The minimum Gasteiger partial charge on any atom is -0.378 e. The van der Waals surface area contributed by atoms with Crippen LogP contribution in [-0.2, 0) is 4.74 Å². The average Bonchev–Trinajstić information content (AvgIpc) is 1.88. The minimum atomic E-state index is 0. The topological polar surface area (TPSA) is 35.2 Å². The average molecular weight is 180 g/mol. The van der Waals surface area contributed by atoms with Gasteiger partial charge in [-0.15, -0.1) is 12.4 Å². The fourth-order valence-electron chi connectivity index (χ4n) is 1.40. The normalized spacial score (nSPS) is 33.8. The Balaban J connectivity index is 0.000001000. The van der Waals surface area contributed by atoms with Gasteiger partial charge in [-0.1, -0.05) is 13.8 Å². The van der Waals surface area contributed by atoms with Gasteiger partial charge in [0.1, 0.15) is 0 Å². The molecular formula is C8H18ClNO. The lowest BCUT2D eigenvalue weighted by Gasteiger charge is -2.49. The first-order valence-corrected chi connectivity index (χ1v) is 3.96. The Morgan fingerprint density at radius 3 is 2.36 bits per heavy atom. The molecule has 3 heteroatoms. The van der Waals surface area contributed by atoms with Crippen LogP contribution >= 0.6 is 12.4 Å². The molecule has 2 unspecified atom stereocenters. The number of nitrogens with two attached hydrogens (primary N) is 1. The van der Waals surface area contributed by atoms with Gasteiger partial charge in [0.05, 0.1) is 6.10 Å². The molecule has 0 aromatic heterocycles. The fourth-order valence-corrected chi connectivity index (χ4v) is 1.40. The second-order valence-electron chi connectivity index (χ2n) is 3.61. The molecule has 0 aliphatic heterocycles. The van der Waals surface area contributed by atoms with Gasteiger partial charge < -0.3 is 10.5 Å². The van der Waals surface area contributed by atoms with Crippen molar-refractivity contribution in [1.29, 1.82) is 0 Å². The lowest BCUT2D eigenvalue weighted by Crippen LogP contribution is -2.58. The van der Waals surface area contributed by atoms with Gasteiger partial charge in [-0.3, -0.25) is 0 Å². The summed E-state index contributed by atoms with van der Waals surface area (Å²) in [5.41, 5.74) is 6.00. The first kappa shape index (κ1) is 11.2. The van der Waals surface area contributed by atoms with Gasteiger partial charge in [-0.05, 0) is 13.3 Å². The summed E-state index contributed by atoms with van der Waals surface area (Å²) in [4.78, 5) is 0. The zero-order valence-corrected chi connectivity index (χ0v) is 8.28. The van der Waals surface area contributed by atoms with Crippen molar-refractivity contribution in [3.63, 3.8) is 0 Å². The molecule has 1 aliphatic rings. The van der Waals surface area contributed by atoms with Crippen molar-refractivity contribution in [2.24, 2.45) is 11.1 Å². The highest BCUT2D eigenvalue weighted by atomic mass is 35.5. The lowest BCUT2D eigenvalue weighted by atomic mass is 9.65. The third-order valence-corrected chi connectivity index (χ3v) is 2.62. The Hall–Kier alpha value is 0.210. The van der Waals surface area contributed by atoms with Crippen LogP contribution in [0.4, 0.5) is 0 Å². The van der Waals surface area contributed by atoms with Crippen LogP contribution in [0.15, 0.2) is 0 Å². The zero-order chi connectivity index (χ0) is 7.78. The highest BCUT2D eigenvalue weighted by Crippen LogP contribution is 2.41. The van der Waals surface area contributed by atoms with Gasteiger partial charge >= 0.3 is 0 Å². The monoisotopic (exact) mass is 179 g/mol. The lowest BCUT2D eigenvalue weighted by molar-refractivity contribution is -0.103. The molecule has 2 atom stereocenters. The van der Waals surface area contributed by atoms with E-state index in [0.717, 1.165) is 13.0 Å². The molecule has 1 fully saturated rings. The van der Waals surface area contributed by atoms with Gasteiger partial charge in [0.15, 0.2) is 0 Å². The Labute approximate surface area is 74.9 Å². The minimum absolute atomic E-state index is 0. The molecule has 0 amide bonds. The Morgan fingerprint density at radius 1 is 1.55 bits per heavy atom. The summed E-state index contributed by atoms with van der Waals surface area (Å²) in [6, 6.07) is 0.337. The van der Waals surface area contributed by atoms with Crippen LogP contribution < -0.4 is 5.73 Å². The smallest absolute Gasteiger partial charge is 0.0655 e. The third kappa shape index (κ3) is 1.86. The largest absolute Gasteiger partial charge is 0.378 e. The fraction of sp³-hybridized carbons (Fsp3) is 1.00. The number of hydrogen-bond donors (Lipinski definition) is 1. The van der Waals surface area contributed by atoms with E-state index < -0.39 is 0 Å². The summed E-state index contributed by atoms with van der Waals surface area (Å²) in [6.07, 6.45) is 1.42. The molecule has 0 aromatic carbocycles. The Bertz CT molecular complexity index is 125. The van der Waals surface area contributed by atoms with Crippen LogP contribution in [0.5, 0.6) is 0 Å². The molecule has 1 aliphatic carbocycles. The second kappa shape index (κ2) is 3.74.